The minimum atomic E-state index is -0.987. The van der Waals surface area contributed by atoms with Gasteiger partial charge in [-0.25, -0.2) is 9.78 Å². The number of carbonyl (C=O) groups is 1. The van der Waals surface area contributed by atoms with Gasteiger partial charge in [0.15, 0.2) is 0 Å². The average molecular weight is 282 g/mol. The van der Waals surface area contributed by atoms with Gasteiger partial charge < -0.3 is 5.11 Å². The van der Waals surface area contributed by atoms with Gasteiger partial charge in [0.2, 0.25) is 0 Å². The summed E-state index contributed by atoms with van der Waals surface area (Å²) in [6.07, 6.45) is 1.35. The summed E-state index contributed by atoms with van der Waals surface area (Å²) in [5, 5.41) is 21.5. The molecule has 0 saturated carbocycles. The molecule has 1 N–H and O–H groups in total. The molecule has 0 spiro atoms. The van der Waals surface area contributed by atoms with Gasteiger partial charge in [0.1, 0.15) is 9.90 Å². The van der Waals surface area contributed by atoms with Crippen LogP contribution in [0.5, 0.6) is 0 Å². The summed E-state index contributed by atoms with van der Waals surface area (Å²) in [5.41, 5.74) is -0.0406. The van der Waals surface area contributed by atoms with Crippen molar-refractivity contribution in [3.63, 3.8) is 0 Å². The molecule has 2 aromatic heterocycles. The van der Waals surface area contributed by atoms with E-state index in [1.54, 1.807) is 5.38 Å². The summed E-state index contributed by atoms with van der Waals surface area (Å²) in [7, 11) is 0. The van der Waals surface area contributed by atoms with Crippen LogP contribution in [0.2, 0.25) is 0 Å². The summed E-state index contributed by atoms with van der Waals surface area (Å²) in [4.78, 5) is 25.7. The van der Waals surface area contributed by atoms with E-state index in [9.17, 15) is 14.9 Å². The first kappa shape index (κ1) is 12.5. The Morgan fingerprint density at radius 3 is 2.89 bits per heavy atom. The molecular formula is C10H6N2O4S2. The standard InChI is InChI=1S/C10H6N2O4S2/c13-10(14)8-4-7(5-17-8)18-9-3-6(12(15)16)1-2-11-9/h1-5H,(H,13,14). The Morgan fingerprint density at radius 1 is 1.50 bits per heavy atom. The monoisotopic (exact) mass is 282 g/mol. The van der Waals surface area contributed by atoms with Gasteiger partial charge in [-0.2, -0.15) is 0 Å². The van der Waals surface area contributed by atoms with Gasteiger partial charge in [-0.1, -0.05) is 11.8 Å². The highest BCUT2D eigenvalue weighted by atomic mass is 32.2. The minimum absolute atomic E-state index is 0.0406. The predicted octanol–water partition coefficient (Wildman–Crippen LogP) is 2.90. The molecule has 0 bridgehead atoms. The largest absolute Gasteiger partial charge is 0.477 e. The average Bonchev–Trinajstić information content (AvgIpc) is 2.78. The number of thiophene rings is 1. The lowest BCUT2D eigenvalue weighted by Gasteiger charge is -1.97. The zero-order valence-electron chi connectivity index (χ0n) is 8.77. The highest BCUT2D eigenvalue weighted by Crippen LogP contribution is 2.31. The maximum atomic E-state index is 10.7. The van der Waals surface area contributed by atoms with E-state index in [0.717, 1.165) is 11.3 Å². The van der Waals surface area contributed by atoms with E-state index >= 15 is 0 Å². The van der Waals surface area contributed by atoms with Crippen LogP contribution in [0.3, 0.4) is 0 Å². The number of carboxylic acids is 1. The molecule has 0 atom stereocenters. The van der Waals surface area contributed by atoms with Crippen molar-refractivity contribution in [2.24, 2.45) is 0 Å². The lowest BCUT2D eigenvalue weighted by Crippen LogP contribution is -1.90. The lowest BCUT2D eigenvalue weighted by atomic mass is 10.4. The number of aromatic nitrogens is 1. The van der Waals surface area contributed by atoms with Crippen LogP contribution in [0.1, 0.15) is 9.67 Å². The molecule has 2 rings (SSSR count). The molecule has 0 unspecified atom stereocenters. The normalized spacial score (nSPS) is 10.2. The molecule has 8 heteroatoms. The Bertz CT molecular complexity index is 611. The Hall–Kier alpha value is -1.93. The van der Waals surface area contributed by atoms with Crippen molar-refractivity contribution in [2.45, 2.75) is 9.92 Å². The number of carboxylic acid groups (broad SMARTS) is 1. The Kier molecular flexibility index (Phi) is 3.58. The van der Waals surface area contributed by atoms with Crippen molar-refractivity contribution >= 4 is 34.8 Å². The maximum Gasteiger partial charge on any atom is 0.345 e. The number of hydrogen-bond acceptors (Lipinski definition) is 6. The van der Waals surface area contributed by atoms with Gasteiger partial charge in [-0.3, -0.25) is 10.1 Å². The van der Waals surface area contributed by atoms with Gasteiger partial charge in [-0.15, -0.1) is 11.3 Å². The lowest BCUT2D eigenvalue weighted by molar-refractivity contribution is -0.385. The Balaban J connectivity index is 2.20. The molecule has 0 aliphatic carbocycles. The first-order valence-electron chi connectivity index (χ1n) is 4.66. The van der Waals surface area contributed by atoms with E-state index < -0.39 is 10.9 Å². The van der Waals surface area contributed by atoms with Gasteiger partial charge in [0, 0.05) is 28.6 Å². The molecule has 2 aromatic rings. The Labute approximate surface area is 109 Å². The van der Waals surface area contributed by atoms with E-state index in [0.29, 0.717) is 9.92 Å². The van der Waals surface area contributed by atoms with Crippen LogP contribution in [0.15, 0.2) is 39.7 Å². The number of nitro groups is 1. The molecule has 0 aromatic carbocycles. The summed E-state index contributed by atoms with van der Waals surface area (Å²) < 4.78 is 0. The molecular weight excluding hydrogens is 276 g/mol. The highest BCUT2D eigenvalue weighted by molar-refractivity contribution is 7.99. The van der Waals surface area contributed by atoms with Crippen molar-refractivity contribution in [1.29, 1.82) is 0 Å². The molecule has 0 saturated heterocycles. The highest BCUT2D eigenvalue weighted by Gasteiger charge is 2.11. The second-order valence-corrected chi connectivity index (χ2v) is 5.17. The fourth-order valence-corrected chi connectivity index (χ4v) is 2.90. The van der Waals surface area contributed by atoms with Crippen LogP contribution in [-0.4, -0.2) is 21.0 Å². The van der Waals surface area contributed by atoms with Crippen molar-refractivity contribution in [1.82, 2.24) is 4.98 Å². The van der Waals surface area contributed by atoms with Crippen LogP contribution >= 0.6 is 23.1 Å². The van der Waals surface area contributed by atoms with E-state index in [1.807, 2.05) is 0 Å². The molecule has 92 valence electrons. The van der Waals surface area contributed by atoms with E-state index in [1.165, 1.54) is 36.2 Å². The van der Waals surface area contributed by atoms with Crippen molar-refractivity contribution in [3.05, 3.63) is 44.8 Å². The summed E-state index contributed by atoms with van der Waals surface area (Å²) in [6, 6.07) is 4.17. The van der Waals surface area contributed by atoms with Crippen molar-refractivity contribution in [2.75, 3.05) is 0 Å². The zero-order valence-corrected chi connectivity index (χ0v) is 10.4. The predicted molar refractivity (Wildman–Crippen MR) is 66.3 cm³/mol. The molecule has 0 aliphatic rings. The SMILES string of the molecule is O=C(O)c1cc(Sc2cc([N+](=O)[O-])ccn2)cs1. The van der Waals surface area contributed by atoms with Gasteiger partial charge in [-0.05, 0) is 6.07 Å². The minimum Gasteiger partial charge on any atom is -0.477 e. The third-order valence-electron chi connectivity index (χ3n) is 1.94. The third-order valence-corrected chi connectivity index (χ3v) is 3.91. The smallest absolute Gasteiger partial charge is 0.345 e. The summed E-state index contributed by atoms with van der Waals surface area (Å²) >= 11 is 2.29. The fraction of sp³-hybridized carbons (Fsp3) is 0. The molecule has 0 fully saturated rings. The van der Waals surface area contributed by atoms with Gasteiger partial charge in [0.25, 0.3) is 5.69 Å². The number of aromatic carboxylic acids is 1. The third kappa shape index (κ3) is 2.84. The topological polar surface area (TPSA) is 93.3 Å². The Morgan fingerprint density at radius 2 is 2.28 bits per heavy atom. The molecule has 2 heterocycles. The second-order valence-electron chi connectivity index (χ2n) is 3.16. The second kappa shape index (κ2) is 5.15. The van der Waals surface area contributed by atoms with Crippen LogP contribution in [0.25, 0.3) is 0 Å². The van der Waals surface area contributed by atoms with Crippen LogP contribution in [0, 0.1) is 10.1 Å². The van der Waals surface area contributed by atoms with E-state index in [-0.39, 0.29) is 10.6 Å². The quantitative estimate of drug-likeness (QED) is 0.684. The maximum absolute atomic E-state index is 10.7. The molecule has 0 radical (unpaired) electrons. The summed E-state index contributed by atoms with van der Waals surface area (Å²) in [6.45, 7) is 0. The van der Waals surface area contributed by atoms with Crippen molar-refractivity contribution in [3.8, 4) is 0 Å². The first-order valence-corrected chi connectivity index (χ1v) is 6.36. The summed E-state index contributed by atoms with van der Waals surface area (Å²) in [5.74, 6) is -0.987. The molecule has 0 aliphatic heterocycles. The number of rotatable bonds is 4. The van der Waals surface area contributed by atoms with E-state index in [4.69, 9.17) is 5.11 Å². The molecule has 0 amide bonds. The van der Waals surface area contributed by atoms with Gasteiger partial charge >= 0.3 is 5.97 Å². The number of pyridine rings is 1. The first-order chi connectivity index (χ1) is 8.56. The van der Waals surface area contributed by atoms with Crippen LogP contribution in [-0.2, 0) is 0 Å². The van der Waals surface area contributed by atoms with Crippen molar-refractivity contribution < 1.29 is 14.8 Å². The zero-order chi connectivity index (χ0) is 13.1. The molecule has 18 heavy (non-hydrogen) atoms. The fourth-order valence-electron chi connectivity index (χ4n) is 1.17. The van der Waals surface area contributed by atoms with E-state index in [2.05, 4.69) is 4.98 Å². The number of nitrogens with zero attached hydrogens (tertiary/aromatic N) is 2. The van der Waals surface area contributed by atoms with Crippen LogP contribution < -0.4 is 0 Å². The number of hydrogen-bond donors (Lipinski definition) is 1. The molecule has 6 nitrogen and oxygen atoms in total. The van der Waals surface area contributed by atoms with Gasteiger partial charge in [0.05, 0.1) is 4.92 Å². The van der Waals surface area contributed by atoms with Crippen LogP contribution in [0.4, 0.5) is 5.69 Å².